The molecule has 0 amide bonds. The average Bonchev–Trinajstić information content (AvgIpc) is 2.65. The van der Waals surface area contributed by atoms with Crippen molar-refractivity contribution in [3.05, 3.63) is 11.4 Å². The number of nitrogens with one attached hydrogen (secondary N) is 1. The molecule has 0 fully saturated rings. The smallest absolute Gasteiger partial charge is 0.244 e. The van der Waals surface area contributed by atoms with Gasteiger partial charge in [0.2, 0.25) is 10.0 Å². The van der Waals surface area contributed by atoms with E-state index < -0.39 is 10.0 Å². The highest BCUT2D eigenvalue weighted by atomic mass is 32.2. The fraction of sp³-hybridized carbons (Fsp3) is 0.769. The third-order valence-corrected chi connectivity index (χ3v) is 5.92. The topological polar surface area (TPSA) is 84.2 Å². The molecule has 0 spiro atoms. The molecule has 0 radical (unpaired) electrons. The van der Waals surface area contributed by atoms with E-state index in [1.807, 2.05) is 6.92 Å². The molecule has 1 aromatic rings. The van der Waals surface area contributed by atoms with Crippen LogP contribution in [-0.2, 0) is 16.6 Å². The van der Waals surface area contributed by atoms with Crippen LogP contribution in [0.15, 0.2) is 4.90 Å². The van der Waals surface area contributed by atoms with Crippen molar-refractivity contribution >= 4 is 21.8 Å². The number of aryl methyl sites for hydroxylation is 1. The summed E-state index contributed by atoms with van der Waals surface area (Å²) in [6.45, 7) is 7.57. The van der Waals surface area contributed by atoms with Crippen LogP contribution < -0.4 is 4.72 Å². The van der Waals surface area contributed by atoms with Crippen molar-refractivity contribution in [1.82, 2.24) is 14.5 Å². The molecule has 2 N–H and O–H groups in total. The standard InChI is InChI=1S/C13H25N3O3S2/c1-5-20-9-6-10(2)15-21(18,19)13-11(3)14-16(7-8-17)12(13)4/h10,15,17H,5-9H2,1-4H3. The van der Waals surface area contributed by atoms with Crippen molar-refractivity contribution in [1.29, 1.82) is 0 Å². The average molecular weight is 335 g/mol. The zero-order valence-corrected chi connectivity index (χ0v) is 14.7. The normalized spacial score (nSPS) is 13.6. The SMILES string of the molecule is CCSCCC(C)NS(=O)(=O)c1c(C)nn(CCO)c1C. The molecule has 0 aliphatic carbocycles. The molecule has 0 bridgehead atoms. The van der Waals surface area contributed by atoms with Crippen molar-refractivity contribution in [2.45, 2.75) is 51.6 Å². The Morgan fingerprint density at radius 2 is 2.10 bits per heavy atom. The predicted octanol–water partition coefficient (Wildman–Crippen LogP) is 1.30. The van der Waals surface area contributed by atoms with E-state index in [1.165, 1.54) is 4.68 Å². The van der Waals surface area contributed by atoms with Crippen molar-refractivity contribution in [2.75, 3.05) is 18.1 Å². The maximum absolute atomic E-state index is 12.5. The molecule has 122 valence electrons. The van der Waals surface area contributed by atoms with E-state index in [1.54, 1.807) is 25.6 Å². The van der Waals surface area contributed by atoms with E-state index in [0.717, 1.165) is 17.9 Å². The molecule has 0 aliphatic heterocycles. The second kappa shape index (κ2) is 8.17. The molecular formula is C13H25N3O3S2. The van der Waals surface area contributed by atoms with Crippen LogP contribution in [0.1, 0.15) is 31.7 Å². The number of aromatic nitrogens is 2. The number of aliphatic hydroxyl groups excluding tert-OH is 1. The number of hydrogen-bond donors (Lipinski definition) is 2. The molecule has 1 heterocycles. The highest BCUT2D eigenvalue weighted by Gasteiger charge is 2.25. The van der Waals surface area contributed by atoms with Crippen LogP contribution in [0.4, 0.5) is 0 Å². The Bertz CT molecular complexity index is 555. The number of aliphatic hydroxyl groups is 1. The van der Waals surface area contributed by atoms with Crippen LogP contribution in [0.3, 0.4) is 0 Å². The van der Waals surface area contributed by atoms with Gasteiger partial charge in [-0.1, -0.05) is 6.92 Å². The van der Waals surface area contributed by atoms with E-state index in [2.05, 4.69) is 16.7 Å². The van der Waals surface area contributed by atoms with Gasteiger partial charge in [0, 0.05) is 6.04 Å². The second-order valence-electron chi connectivity index (χ2n) is 4.95. The van der Waals surface area contributed by atoms with Gasteiger partial charge < -0.3 is 5.11 Å². The number of sulfonamides is 1. The summed E-state index contributed by atoms with van der Waals surface area (Å²) in [6.07, 6.45) is 0.792. The summed E-state index contributed by atoms with van der Waals surface area (Å²) in [5.74, 6) is 1.97. The predicted molar refractivity (Wildman–Crippen MR) is 86.2 cm³/mol. The molecule has 1 aromatic heterocycles. The van der Waals surface area contributed by atoms with Crippen LogP contribution in [-0.4, -0.2) is 47.5 Å². The summed E-state index contributed by atoms with van der Waals surface area (Å²) in [7, 11) is -3.58. The summed E-state index contributed by atoms with van der Waals surface area (Å²) in [6, 6.07) is -0.117. The largest absolute Gasteiger partial charge is 0.394 e. The van der Waals surface area contributed by atoms with Gasteiger partial charge in [-0.05, 0) is 38.7 Å². The molecule has 21 heavy (non-hydrogen) atoms. The Kier molecular flexibility index (Phi) is 7.19. The molecule has 1 rings (SSSR count). The fourth-order valence-electron chi connectivity index (χ4n) is 2.17. The Morgan fingerprint density at radius 3 is 2.67 bits per heavy atom. The first kappa shape index (κ1) is 18.5. The minimum absolute atomic E-state index is 0.0699. The minimum Gasteiger partial charge on any atom is -0.394 e. The molecule has 8 heteroatoms. The second-order valence-corrected chi connectivity index (χ2v) is 8.00. The van der Waals surface area contributed by atoms with Gasteiger partial charge in [-0.25, -0.2) is 13.1 Å². The number of hydrogen-bond acceptors (Lipinski definition) is 5. The van der Waals surface area contributed by atoms with Gasteiger partial charge in [-0.15, -0.1) is 0 Å². The molecule has 1 atom stereocenters. The van der Waals surface area contributed by atoms with Gasteiger partial charge in [0.15, 0.2) is 0 Å². The van der Waals surface area contributed by atoms with E-state index in [0.29, 0.717) is 17.9 Å². The molecular weight excluding hydrogens is 310 g/mol. The molecule has 0 aromatic carbocycles. The monoisotopic (exact) mass is 335 g/mol. The molecule has 6 nitrogen and oxygen atoms in total. The van der Waals surface area contributed by atoms with E-state index in [-0.39, 0.29) is 17.5 Å². The zero-order chi connectivity index (χ0) is 16.0. The van der Waals surface area contributed by atoms with E-state index in [9.17, 15) is 8.42 Å². The van der Waals surface area contributed by atoms with Gasteiger partial charge in [-0.3, -0.25) is 4.68 Å². The first-order chi connectivity index (χ1) is 9.83. The molecule has 0 saturated heterocycles. The van der Waals surface area contributed by atoms with Crippen molar-refractivity contribution in [2.24, 2.45) is 0 Å². The minimum atomic E-state index is -3.58. The summed E-state index contributed by atoms with van der Waals surface area (Å²) in [5.41, 5.74) is 1.02. The lowest BCUT2D eigenvalue weighted by molar-refractivity contribution is 0.267. The molecule has 1 unspecified atom stereocenters. The number of rotatable bonds is 9. The van der Waals surface area contributed by atoms with Crippen LogP contribution in [0.5, 0.6) is 0 Å². The lowest BCUT2D eigenvalue weighted by Crippen LogP contribution is -2.33. The van der Waals surface area contributed by atoms with Crippen molar-refractivity contribution in [3.63, 3.8) is 0 Å². The first-order valence-corrected chi connectivity index (χ1v) is 9.72. The highest BCUT2D eigenvalue weighted by molar-refractivity contribution is 7.99. The zero-order valence-electron chi connectivity index (χ0n) is 13.1. The lowest BCUT2D eigenvalue weighted by Gasteiger charge is -2.14. The number of nitrogens with zero attached hydrogens (tertiary/aromatic N) is 2. The van der Waals surface area contributed by atoms with Gasteiger partial charge in [0.1, 0.15) is 4.90 Å². The summed E-state index contributed by atoms with van der Waals surface area (Å²) >= 11 is 1.80. The molecule has 0 aliphatic rings. The van der Waals surface area contributed by atoms with Gasteiger partial charge in [0.05, 0.1) is 24.5 Å². The third kappa shape index (κ3) is 4.98. The third-order valence-electron chi connectivity index (χ3n) is 3.15. The van der Waals surface area contributed by atoms with Crippen LogP contribution in [0.25, 0.3) is 0 Å². The van der Waals surface area contributed by atoms with Crippen molar-refractivity contribution in [3.8, 4) is 0 Å². The summed E-state index contributed by atoms with van der Waals surface area (Å²) in [5, 5.41) is 13.2. The van der Waals surface area contributed by atoms with Crippen LogP contribution in [0.2, 0.25) is 0 Å². The lowest BCUT2D eigenvalue weighted by atomic mass is 10.3. The maximum Gasteiger partial charge on any atom is 0.244 e. The van der Waals surface area contributed by atoms with Crippen LogP contribution in [0, 0.1) is 13.8 Å². The van der Waals surface area contributed by atoms with E-state index >= 15 is 0 Å². The quantitative estimate of drug-likeness (QED) is 0.665. The van der Waals surface area contributed by atoms with Gasteiger partial charge in [-0.2, -0.15) is 16.9 Å². The Morgan fingerprint density at radius 1 is 1.43 bits per heavy atom. The fourth-order valence-corrected chi connectivity index (χ4v) is 4.67. The molecule has 0 saturated carbocycles. The van der Waals surface area contributed by atoms with Crippen LogP contribution >= 0.6 is 11.8 Å². The Labute approximate surface area is 131 Å². The van der Waals surface area contributed by atoms with Crippen molar-refractivity contribution < 1.29 is 13.5 Å². The summed E-state index contributed by atoms with van der Waals surface area (Å²) in [4.78, 5) is 0.228. The van der Waals surface area contributed by atoms with Gasteiger partial charge >= 0.3 is 0 Å². The number of thioether (sulfide) groups is 1. The Balaban J connectivity index is 2.88. The summed E-state index contributed by atoms with van der Waals surface area (Å²) < 4.78 is 29.2. The Hall–Kier alpha value is -0.570. The first-order valence-electron chi connectivity index (χ1n) is 7.08. The van der Waals surface area contributed by atoms with E-state index in [4.69, 9.17) is 5.11 Å². The highest BCUT2D eigenvalue weighted by Crippen LogP contribution is 2.20. The maximum atomic E-state index is 12.5. The van der Waals surface area contributed by atoms with Gasteiger partial charge in [0.25, 0.3) is 0 Å².